The molecule has 0 atom stereocenters. The number of nitrogens with one attached hydrogen (secondary N) is 1. The molecule has 6 nitrogen and oxygen atoms in total. The fourth-order valence-electron chi connectivity index (χ4n) is 2.64. The average Bonchev–Trinajstić information content (AvgIpc) is 3.31. The summed E-state index contributed by atoms with van der Waals surface area (Å²) in [7, 11) is 0. The van der Waals surface area contributed by atoms with Gasteiger partial charge in [-0.3, -0.25) is 24.3 Å². The highest BCUT2D eigenvalue weighted by atomic mass is 32.2. The molecule has 0 saturated heterocycles. The second-order valence-corrected chi connectivity index (χ2v) is 7.85. The molecule has 0 aliphatic heterocycles. The molecule has 8 heteroatoms. The Morgan fingerprint density at radius 1 is 1.23 bits per heavy atom. The molecule has 1 aliphatic carbocycles. The van der Waals surface area contributed by atoms with Crippen molar-refractivity contribution >= 4 is 45.8 Å². The van der Waals surface area contributed by atoms with E-state index >= 15 is 0 Å². The molecule has 1 saturated carbocycles. The molecule has 0 bridgehead atoms. The van der Waals surface area contributed by atoms with Crippen LogP contribution in [0, 0.1) is 0 Å². The first-order valence-electron chi connectivity index (χ1n) is 8.15. The van der Waals surface area contributed by atoms with Crippen LogP contribution in [0.4, 0.5) is 0 Å². The Hall–Kier alpha value is -2.45. The fourth-order valence-corrected chi connectivity index (χ4v) is 4.13. The lowest BCUT2D eigenvalue weighted by atomic mass is 10.2. The summed E-state index contributed by atoms with van der Waals surface area (Å²) in [4.78, 5) is 41.9. The number of hydrogen-bond donors (Lipinski definition) is 1. The van der Waals surface area contributed by atoms with E-state index < -0.39 is 11.8 Å². The maximum atomic E-state index is 12.8. The normalized spacial score (nSPS) is 13.7. The van der Waals surface area contributed by atoms with Crippen molar-refractivity contribution in [2.75, 3.05) is 5.75 Å². The van der Waals surface area contributed by atoms with Crippen LogP contribution >= 0.6 is 23.1 Å². The summed E-state index contributed by atoms with van der Waals surface area (Å²) >= 11 is 2.46. The number of thiophene rings is 1. The highest BCUT2D eigenvalue weighted by molar-refractivity contribution is 7.99. The number of carbonyl (C=O) groups is 2. The minimum absolute atomic E-state index is 0.0224. The van der Waals surface area contributed by atoms with Gasteiger partial charge in [-0.2, -0.15) is 0 Å². The molecule has 0 radical (unpaired) electrons. The molecule has 2 heterocycles. The molecule has 3 aromatic rings. The first kappa shape index (κ1) is 17.0. The number of amides is 2. The summed E-state index contributed by atoms with van der Waals surface area (Å²) in [6, 6.07) is 10.8. The van der Waals surface area contributed by atoms with E-state index in [1.165, 1.54) is 23.1 Å². The number of nitrogens with zero attached hydrogens (tertiary/aromatic N) is 2. The Morgan fingerprint density at radius 3 is 2.77 bits per heavy atom. The molecule has 2 aromatic heterocycles. The molecule has 1 fully saturated rings. The number of carbonyl (C=O) groups excluding carboxylic acids is 2. The number of hydrogen-bond acceptors (Lipinski definition) is 6. The van der Waals surface area contributed by atoms with Crippen molar-refractivity contribution in [3.8, 4) is 0 Å². The van der Waals surface area contributed by atoms with Gasteiger partial charge in [0.1, 0.15) is 0 Å². The summed E-state index contributed by atoms with van der Waals surface area (Å²) < 4.78 is 1.68. The van der Waals surface area contributed by atoms with E-state index in [0.29, 0.717) is 20.9 Å². The Bertz CT molecular complexity index is 1040. The largest absolute Gasteiger partial charge is 0.291 e. The summed E-state index contributed by atoms with van der Waals surface area (Å²) in [6.07, 6.45) is 1.88. The van der Waals surface area contributed by atoms with Crippen molar-refractivity contribution in [3.05, 3.63) is 57.0 Å². The lowest BCUT2D eigenvalue weighted by Crippen LogP contribution is -2.31. The van der Waals surface area contributed by atoms with Gasteiger partial charge in [0, 0.05) is 6.04 Å². The molecule has 4 rings (SSSR count). The molecule has 26 heavy (non-hydrogen) atoms. The third-order valence-corrected chi connectivity index (χ3v) is 5.84. The molecule has 1 N–H and O–H groups in total. The predicted molar refractivity (Wildman–Crippen MR) is 102 cm³/mol. The Balaban J connectivity index is 1.53. The lowest BCUT2D eigenvalue weighted by molar-refractivity contribution is -0.117. The molecule has 1 aliphatic rings. The van der Waals surface area contributed by atoms with Gasteiger partial charge in [-0.1, -0.05) is 30.0 Å². The van der Waals surface area contributed by atoms with Crippen molar-refractivity contribution in [1.29, 1.82) is 0 Å². The third kappa shape index (κ3) is 3.42. The van der Waals surface area contributed by atoms with Crippen LogP contribution in [0.1, 0.15) is 28.6 Å². The zero-order valence-corrected chi connectivity index (χ0v) is 15.3. The quantitative estimate of drug-likeness (QED) is 0.540. The van der Waals surface area contributed by atoms with Gasteiger partial charge in [0.2, 0.25) is 5.91 Å². The minimum atomic E-state index is -0.406. The van der Waals surface area contributed by atoms with Crippen LogP contribution in [0.5, 0.6) is 0 Å². The summed E-state index contributed by atoms with van der Waals surface area (Å²) in [6.45, 7) is 0. The van der Waals surface area contributed by atoms with Gasteiger partial charge >= 0.3 is 0 Å². The fraction of sp³-hybridized carbons (Fsp3) is 0.222. The number of benzene rings is 1. The second kappa shape index (κ2) is 7.05. The maximum absolute atomic E-state index is 12.8. The number of thioether (sulfide) groups is 1. The van der Waals surface area contributed by atoms with Gasteiger partial charge in [0.15, 0.2) is 5.16 Å². The Labute approximate surface area is 157 Å². The van der Waals surface area contributed by atoms with E-state index in [0.717, 1.165) is 12.8 Å². The molecule has 1 aromatic carbocycles. The average molecular weight is 385 g/mol. The Kier molecular flexibility index (Phi) is 4.60. The second-order valence-electron chi connectivity index (χ2n) is 5.96. The molecule has 0 spiro atoms. The maximum Gasteiger partial charge on any atom is 0.267 e. The molecular formula is C18H15N3O3S2. The van der Waals surface area contributed by atoms with Crippen molar-refractivity contribution < 1.29 is 9.59 Å². The number of aromatic nitrogens is 2. The van der Waals surface area contributed by atoms with E-state index in [1.54, 1.807) is 34.2 Å². The summed E-state index contributed by atoms with van der Waals surface area (Å²) in [5.74, 6) is -0.788. The number of para-hydroxylation sites is 1. The van der Waals surface area contributed by atoms with E-state index in [4.69, 9.17) is 0 Å². The molecule has 2 amide bonds. The zero-order valence-electron chi connectivity index (χ0n) is 13.7. The van der Waals surface area contributed by atoms with Crippen LogP contribution in [-0.2, 0) is 4.79 Å². The van der Waals surface area contributed by atoms with E-state index in [9.17, 15) is 14.4 Å². The number of imide groups is 1. The van der Waals surface area contributed by atoms with Gasteiger partial charge in [0.25, 0.3) is 11.5 Å². The Morgan fingerprint density at radius 2 is 2.04 bits per heavy atom. The van der Waals surface area contributed by atoms with Gasteiger partial charge in [-0.15, -0.1) is 11.3 Å². The van der Waals surface area contributed by atoms with Crippen LogP contribution in [0.15, 0.2) is 51.7 Å². The van der Waals surface area contributed by atoms with Gasteiger partial charge in [-0.05, 0) is 36.4 Å². The smallest absolute Gasteiger partial charge is 0.267 e. The monoisotopic (exact) mass is 385 g/mol. The van der Waals surface area contributed by atoms with Crippen LogP contribution in [-0.4, -0.2) is 27.1 Å². The van der Waals surface area contributed by atoms with E-state index in [-0.39, 0.29) is 17.4 Å². The van der Waals surface area contributed by atoms with Crippen molar-refractivity contribution in [2.45, 2.75) is 24.0 Å². The third-order valence-electron chi connectivity index (χ3n) is 4.02. The van der Waals surface area contributed by atoms with Crippen molar-refractivity contribution in [3.63, 3.8) is 0 Å². The number of rotatable bonds is 5. The lowest BCUT2D eigenvalue weighted by Gasteiger charge is -2.12. The summed E-state index contributed by atoms with van der Waals surface area (Å²) in [5.41, 5.74) is 0.544. The van der Waals surface area contributed by atoms with Gasteiger partial charge in [-0.25, -0.2) is 4.98 Å². The SMILES string of the molecule is O=C(CSc1nc2ccccc2c(=O)n1C1CC1)NC(=O)c1cccs1. The highest BCUT2D eigenvalue weighted by Crippen LogP contribution is 2.36. The van der Waals surface area contributed by atoms with Gasteiger partial charge < -0.3 is 0 Å². The van der Waals surface area contributed by atoms with Crippen LogP contribution in [0.3, 0.4) is 0 Å². The number of fused-ring (bicyclic) bond motifs is 1. The highest BCUT2D eigenvalue weighted by Gasteiger charge is 2.28. The minimum Gasteiger partial charge on any atom is -0.291 e. The predicted octanol–water partition coefficient (Wildman–Crippen LogP) is 2.84. The van der Waals surface area contributed by atoms with Crippen molar-refractivity contribution in [1.82, 2.24) is 14.9 Å². The summed E-state index contributed by atoms with van der Waals surface area (Å²) in [5, 5.41) is 5.25. The first-order valence-corrected chi connectivity index (χ1v) is 10.0. The molecule has 132 valence electrons. The molecular weight excluding hydrogens is 370 g/mol. The van der Waals surface area contributed by atoms with E-state index in [2.05, 4.69) is 10.3 Å². The van der Waals surface area contributed by atoms with Crippen LogP contribution < -0.4 is 10.9 Å². The van der Waals surface area contributed by atoms with Gasteiger partial charge in [0.05, 0.1) is 21.5 Å². The van der Waals surface area contributed by atoms with Crippen LogP contribution in [0.2, 0.25) is 0 Å². The topological polar surface area (TPSA) is 81.1 Å². The molecule has 0 unspecified atom stereocenters. The first-order chi connectivity index (χ1) is 12.6. The van der Waals surface area contributed by atoms with Crippen molar-refractivity contribution in [2.24, 2.45) is 0 Å². The standard InChI is InChI=1S/C18H15N3O3S2/c22-15(20-16(23)14-6-3-9-25-14)10-26-18-19-13-5-2-1-4-12(13)17(24)21(18)11-7-8-11/h1-6,9,11H,7-8,10H2,(H,20,22,23). The van der Waals surface area contributed by atoms with E-state index in [1.807, 2.05) is 12.1 Å². The zero-order chi connectivity index (χ0) is 18.1. The van der Waals surface area contributed by atoms with Crippen LogP contribution in [0.25, 0.3) is 10.9 Å².